The first kappa shape index (κ1) is 46.6. The van der Waals surface area contributed by atoms with Gasteiger partial charge in [-0.05, 0) is 71.8 Å². The minimum absolute atomic E-state index is 0.205. The molecule has 3 N–H and O–H groups in total. The van der Waals surface area contributed by atoms with Crippen molar-refractivity contribution in [2.45, 2.75) is 11.1 Å². The Hall–Kier alpha value is -8.50. The number of benzene rings is 2. The minimum atomic E-state index is -1.60. The van der Waals surface area contributed by atoms with Gasteiger partial charge < -0.3 is 20.0 Å². The number of hydrogen-bond donors (Lipinski definition) is 2. The summed E-state index contributed by atoms with van der Waals surface area (Å²) in [5, 5.41) is 14.8. The predicted molar refractivity (Wildman–Crippen MR) is 272 cm³/mol. The van der Waals surface area contributed by atoms with Crippen LogP contribution in [-0.2, 0) is 39.3 Å². The Labute approximate surface area is 411 Å². The standard InChI is InChI=1S/C27H21ClN6O.C27H20ClN5O2/c1-4-20-6-5-7-23(32-20)21-13-25(35)34(3)26-22(21)12-18(14-31-26)27(29,24-15-30-16-33(24)2)17-8-10-19(28)11-9-17;1-4-20-6-5-7-23(31-20)21-13-25(34)33(3)26-22(21)12-18(14-30-26)27(35,24-15-29-16-32(24)2)17-8-10-19(28)11-9-17/h1,5-16H,29H2,2-3H3;1,5-16,35H,2-3H3/t2*27-/m11/s1. The maximum absolute atomic E-state index is 12.8. The van der Waals surface area contributed by atoms with Crippen LogP contribution >= 0.6 is 23.2 Å². The third-order valence-corrected chi connectivity index (χ3v) is 12.8. The molecule has 8 aromatic heterocycles. The zero-order valence-corrected chi connectivity index (χ0v) is 39.6. The second kappa shape index (κ2) is 18.5. The lowest BCUT2D eigenvalue weighted by Crippen LogP contribution is -2.41. The number of aliphatic hydroxyl groups is 1. The summed E-state index contributed by atoms with van der Waals surface area (Å²) in [7, 11) is 7.03. The van der Waals surface area contributed by atoms with Gasteiger partial charge in [0, 0.05) is 95.8 Å². The quantitative estimate of drug-likeness (QED) is 0.147. The van der Waals surface area contributed by atoms with E-state index in [1.807, 2.05) is 55.1 Å². The first-order valence-corrected chi connectivity index (χ1v) is 22.3. The average molecular weight is 963 g/mol. The molecule has 10 rings (SSSR count). The Morgan fingerprint density at radius 1 is 0.571 bits per heavy atom. The molecule has 344 valence electrons. The highest BCUT2D eigenvalue weighted by molar-refractivity contribution is 6.30. The van der Waals surface area contributed by atoms with Gasteiger partial charge in [0.2, 0.25) is 0 Å². The van der Waals surface area contributed by atoms with E-state index in [4.69, 9.17) is 41.8 Å². The first-order valence-electron chi connectivity index (χ1n) is 21.5. The molecule has 2 atom stereocenters. The smallest absolute Gasteiger partial charge is 0.252 e. The molecule has 10 aromatic rings. The predicted octanol–water partition coefficient (Wildman–Crippen LogP) is 7.26. The zero-order valence-electron chi connectivity index (χ0n) is 38.1. The lowest BCUT2D eigenvalue weighted by atomic mass is 9.81. The second-order valence-corrected chi connectivity index (χ2v) is 17.4. The van der Waals surface area contributed by atoms with Crippen molar-refractivity contribution < 1.29 is 5.11 Å². The third-order valence-electron chi connectivity index (χ3n) is 12.3. The van der Waals surface area contributed by atoms with Crippen molar-refractivity contribution in [3.05, 3.63) is 222 Å². The Balaban J connectivity index is 0.000000174. The van der Waals surface area contributed by atoms with Gasteiger partial charge in [0.25, 0.3) is 11.1 Å². The zero-order chi connectivity index (χ0) is 49.5. The van der Waals surface area contributed by atoms with Crippen LogP contribution in [0.25, 0.3) is 44.6 Å². The number of halogens is 2. The van der Waals surface area contributed by atoms with Gasteiger partial charge in [0.1, 0.15) is 28.2 Å². The van der Waals surface area contributed by atoms with Crippen molar-refractivity contribution >= 4 is 45.3 Å². The van der Waals surface area contributed by atoms with E-state index in [1.54, 1.807) is 123 Å². The van der Waals surface area contributed by atoms with Gasteiger partial charge in [0.05, 0.1) is 47.8 Å². The summed E-state index contributed by atoms with van der Waals surface area (Å²) in [5.41, 5.74) is 12.2. The number of nitrogens with two attached hydrogens (primary N) is 1. The van der Waals surface area contributed by atoms with Crippen LogP contribution < -0.4 is 16.9 Å². The Morgan fingerprint density at radius 2 is 1.01 bits per heavy atom. The van der Waals surface area contributed by atoms with Crippen LogP contribution in [0, 0.1) is 24.7 Å². The molecule has 0 spiro atoms. The van der Waals surface area contributed by atoms with Crippen LogP contribution in [0.3, 0.4) is 0 Å². The second-order valence-electron chi connectivity index (χ2n) is 16.5. The number of fused-ring (bicyclic) bond motifs is 2. The molecule has 0 aliphatic heterocycles. The highest BCUT2D eigenvalue weighted by Gasteiger charge is 2.38. The molecule has 0 amide bonds. The number of aryl methyl sites for hydroxylation is 4. The van der Waals surface area contributed by atoms with E-state index in [-0.39, 0.29) is 11.1 Å². The van der Waals surface area contributed by atoms with Crippen LogP contribution in [0.15, 0.2) is 156 Å². The maximum Gasteiger partial charge on any atom is 0.252 e. The highest BCUT2D eigenvalue weighted by Crippen LogP contribution is 2.40. The molecule has 14 nitrogen and oxygen atoms in total. The molecule has 70 heavy (non-hydrogen) atoms. The summed E-state index contributed by atoms with van der Waals surface area (Å²) < 4.78 is 6.58. The fraction of sp³-hybridized carbons (Fsp3) is 0.111. The van der Waals surface area contributed by atoms with Gasteiger partial charge in [0.15, 0.2) is 5.60 Å². The van der Waals surface area contributed by atoms with E-state index in [0.717, 1.165) is 16.6 Å². The van der Waals surface area contributed by atoms with E-state index < -0.39 is 11.1 Å². The minimum Gasteiger partial charge on any atom is -0.374 e. The molecule has 0 radical (unpaired) electrons. The van der Waals surface area contributed by atoms with Crippen LogP contribution in [-0.4, -0.2) is 53.3 Å². The highest BCUT2D eigenvalue weighted by atomic mass is 35.5. The van der Waals surface area contributed by atoms with Gasteiger partial charge in [-0.25, -0.2) is 29.9 Å². The molecule has 0 aliphatic rings. The monoisotopic (exact) mass is 961 g/mol. The third kappa shape index (κ3) is 8.21. The van der Waals surface area contributed by atoms with Crippen LogP contribution in [0.4, 0.5) is 0 Å². The summed E-state index contributed by atoms with van der Waals surface area (Å²) in [6.07, 6.45) is 21.0. The fourth-order valence-corrected chi connectivity index (χ4v) is 8.84. The van der Waals surface area contributed by atoms with Crippen molar-refractivity contribution in [3.8, 4) is 47.2 Å². The Bertz CT molecular complexity index is 3610. The van der Waals surface area contributed by atoms with Gasteiger partial charge in [-0.2, -0.15) is 0 Å². The number of terminal acetylenes is 2. The summed E-state index contributed by atoms with van der Waals surface area (Å²) in [6, 6.07) is 31.8. The molecule has 8 heterocycles. The summed E-state index contributed by atoms with van der Waals surface area (Å²) in [6.45, 7) is 0. The summed E-state index contributed by atoms with van der Waals surface area (Å²) in [4.78, 5) is 52.3. The first-order chi connectivity index (χ1) is 33.6. The topological polar surface area (TPSA) is 177 Å². The molecule has 16 heteroatoms. The number of nitrogens with zero attached hydrogens (tertiary/aromatic N) is 10. The van der Waals surface area contributed by atoms with Crippen LogP contribution in [0.2, 0.25) is 10.0 Å². The summed E-state index contributed by atoms with van der Waals surface area (Å²) >= 11 is 12.3. The normalized spacial score (nSPS) is 12.9. The van der Waals surface area contributed by atoms with Crippen molar-refractivity contribution in [2.24, 2.45) is 33.9 Å². The lowest BCUT2D eigenvalue weighted by Gasteiger charge is -2.31. The number of pyridine rings is 6. The maximum atomic E-state index is 12.8. The molecule has 0 bridgehead atoms. The SMILES string of the molecule is C#Cc1cccc(-c2cc(=O)n(C)c3ncc([C@](N)(c4ccc(Cl)cc4)c4cncn4C)cc23)n1.C#Cc1cccc(-c2cc(=O)n(C)c3ncc([C@](O)(c4ccc(Cl)cc4)c4cncn4C)cc23)n1. The van der Waals surface area contributed by atoms with Gasteiger partial charge >= 0.3 is 0 Å². The number of imidazole rings is 2. The molecule has 2 aromatic carbocycles. The number of rotatable bonds is 8. The average Bonchev–Trinajstić information content (AvgIpc) is 4.03. The molecule has 0 unspecified atom stereocenters. The molecule has 0 saturated carbocycles. The molecular formula is C54H41Cl2N11O3. The van der Waals surface area contributed by atoms with E-state index in [0.29, 0.717) is 83.0 Å². The number of aromatic nitrogens is 10. The van der Waals surface area contributed by atoms with E-state index in [1.165, 1.54) is 15.2 Å². The van der Waals surface area contributed by atoms with Crippen molar-refractivity contribution in [1.82, 2.24) is 48.2 Å². The fourth-order valence-electron chi connectivity index (χ4n) is 8.59. The van der Waals surface area contributed by atoms with E-state index >= 15 is 0 Å². The molecule has 0 aliphatic carbocycles. The van der Waals surface area contributed by atoms with Crippen molar-refractivity contribution in [2.75, 3.05) is 0 Å². The molecule has 0 fully saturated rings. The largest absolute Gasteiger partial charge is 0.374 e. The lowest BCUT2D eigenvalue weighted by molar-refractivity contribution is 0.117. The molecular weight excluding hydrogens is 922 g/mol. The van der Waals surface area contributed by atoms with Crippen LogP contribution in [0.1, 0.15) is 45.0 Å². The van der Waals surface area contributed by atoms with Gasteiger partial charge in [-0.1, -0.05) is 71.4 Å². The van der Waals surface area contributed by atoms with Crippen molar-refractivity contribution in [1.29, 1.82) is 0 Å². The number of hydrogen-bond acceptors (Lipinski definition) is 10. The van der Waals surface area contributed by atoms with E-state index in [2.05, 4.69) is 41.7 Å². The van der Waals surface area contributed by atoms with Gasteiger partial charge in [-0.3, -0.25) is 18.7 Å². The van der Waals surface area contributed by atoms with Crippen LogP contribution in [0.5, 0.6) is 0 Å². The van der Waals surface area contributed by atoms with Gasteiger partial charge in [-0.15, -0.1) is 12.8 Å². The van der Waals surface area contributed by atoms with E-state index in [9.17, 15) is 14.7 Å². The Morgan fingerprint density at radius 3 is 1.47 bits per heavy atom. The molecule has 0 saturated heterocycles. The van der Waals surface area contributed by atoms with Crippen molar-refractivity contribution in [3.63, 3.8) is 0 Å². The summed E-state index contributed by atoms with van der Waals surface area (Å²) in [5.74, 6) is 5.07. The Kier molecular flexibility index (Phi) is 12.3.